The SMILES string of the molecule is CC(=O)c1ccc(SCC(=O)NCCc2cc(Cl)c3c(c2)OCCO3)c(F)c1. The molecule has 0 aliphatic carbocycles. The van der Waals surface area contributed by atoms with Crippen LogP contribution in [0.3, 0.4) is 0 Å². The molecule has 1 aliphatic rings. The van der Waals surface area contributed by atoms with Crippen molar-refractivity contribution in [2.75, 3.05) is 25.5 Å². The maximum Gasteiger partial charge on any atom is 0.230 e. The van der Waals surface area contributed by atoms with E-state index >= 15 is 0 Å². The van der Waals surface area contributed by atoms with Gasteiger partial charge in [0.05, 0.1) is 10.8 Å². The number of ketones is 1. The Bertz CT molecular complexity index is 906. The second-order valence-electron chi connectivity index (χ2n) is 6.19. The molecule has 0 radical (unpaired) electrons. The van der Waals surface area contributed by atoms with Crippen molar-refractivity contribution in [1.82, 2.24) is 5.32 Å². The third-order valence-corrected chi connectivity index (χ3v) is 5.42. The molecule has 0 atom stereocenters. The molecule has 2 aromatic carbocycles. The highest BCUT2D eigenvalue weighted by atomic mass is 35.5. The molecule has 0 fully saturated rings. The minimum absolute atomic E-state index is 0.0816. The molecule has 28 heavy (non-hydrogen) atoms. The molecule has 0 unspecified atom stereocenters. The van der Waals surface area contributed by atoms with Crippen molar-refractivity contribution < 1.29 is 23.5 Å². The highest BCUT2D eigenvalue weighted by molar-refractivity contribution is 8.00. The van der Waals surface area contributed by atoms with Gasteiger partial charge in [-0.1, -0.05) is 17.7 Å². The highest BCUT2D eigenvalue weighted by Gasteiger charge is 2.16. The van der Waals surface area contributed by atoms with Gasteiger partial charge in [0, 0.05) is 17.0 Å². The number of rotatable bonds is 7. The monoisotopic (exact) mass is 423 g/mol. The molecular weight excluding hydrogens is 405 g/mol. The van der Waals surface area contributed by atoms with E-state index in [1.165, 1.54) is 19.1 Å². The Kier molecular flexibility index (Phi) is 6.80. The van der Waals surface area contributed by atoms with E-state index in [0.29, 0.717) is 53.2 Å². The van der Waals surface area contributed by atoms with E-state index in [0.717, 1.165) is 17.3 Å². The summed E-state index contributed by atoms with van der Waals surface area (Å²) < 4.78 is 25.0. The number of halogens is 2. The lowest BCUT2D eigenvalue weighted by molar-refractivity contribution is -0.118. The summed E-state index contributed by atoms with van der Waals surface area (Å²) in [5.74, 6) is 0.334. The van der Waals surface area contributed by atoms with Crippen LogP contribution < -0.4 is 14.8 Å². The highest BCUT2D eigenvalue weighted by Crippen LogP contribution is 2.38. The third-order valence-electron chi connectivity index (χ3n) is 4.09. The lowest BCUT2D eigenvalue weighted by atomic mass is 10.1. The summed E-state index contributed by atoms with van der Waals surface area (Å²) in [4.78, 5) is 23.6. The molecule has 8 heteroatoms. The average molecular weight is 424 g/mol. The van der Waals surface area contributed by atoms with Gasteiger partial charge in [0.2, 0.25) is 5.91 Å². The minimum Gasteiger partial charge on any atom is -0.486 e. The van der Waals surface area contributed by atoms with Crippen LogP contribution in [0.15, 0.2) is 35.2 Å². The molecule has 2 aromatic rings. The van der Waals surface area contributed by atoms with Crippen LogP contribution in [-0.2, 0) is 11.2 Å². The number of carbonyl (C=O) groups is 2. The van der Waals surface area contributed by atoms with Gasteiger partial charge >= 0.3 is 0 Å². The first-order valence-corrected chi connectivity index (χ1v) is 10.1. The standard InChI is InChI=1S/C20H19ClFNO4S/c1-12(24)14-2-3-18(16(22)10-14)28-11-19(25)23-5-4-13-8-15(21)20-17(9-13)26-6-7-27-20/h2-3,8-10H,4-7,11H2,1H3,(H,23,25). The van der Waals surface area contributed by atoms with Crippen molar-refractivity contribution >= 4 is 35.1 Å². The van der Waals surface area contributed by atoms with E-state index in [9.17, 15) is 14.0 Å². The number of amides is 1. The number of ether oxygens (including phenoxy) is 2. The number of hydrogen-bond donors (Lipinski definition) is 1. The van der Waals surface area contributed by atoms with Crippen LogP contribution in [0.1, 0.15) is 22.8 Å². The predicted molar refractivity (Wildman–Crippen MR) is 106 cm³/mol. The zero-order valence-corrected chi connectivity index (χ0v) is 16.8. The largest absolute Gasteiger partial charge is 0.486 e. The van der Waals surface area contributed by atoms with Gasteiger partial charge in [0.25, 0.3) is 0 Å². The van der Waals surface area contributed by atoms with Crippen molar-refractivity contribution in [3.8, 4) is 11.5 Å². The predicted octanol–water partition coefficient (Wildman–Crippen LogP) is 3.90. The van der Waals surface area contributed by atoms with Crippen LogP contribution in [0.2, 0.25) is 5.02 Å². The zero-order chi connectivity index (χ0) is 20.1. The molecule has 148 valence electrons. The van der Waals surface area contributed by atoms with E-state index < -0.39 is 5.82 Å². The Hall–Kier alpha value is -2.25. The van der Waals surface area contributed by atoms with E-state index in [4.69, 9.17) is 21.1 Å². The molecule has 1 N–H and O–H groups in total. The molecule has 0 spiro atoms. The number of fused-ring (bicyclic) bond motifs is 1. The molecule has 0 saturated carbocycles. The number of carbonyl (C=O) groups excluding carboxylic acids is 2. The fourth-order valence-electron chi connectivity index (χ4n) is 2.69. The van der Waals surface area contributed by atoms with E-state index in [2.05, 4.69) is 5.32 Å². The van der Waals surface area contributed by atoms with Crippen molar-refractivity contribution in [3.05, 3.63) is 52.3 Å². The zero-order valence-electron chi connectivity index (χ0n) is 15.2. The van der Waals surface area contributed by atoms with Gasteiger partial charge in [-0.3, -0.25) is 9.59 Å². The molecule has 1 heterocycles. The van der Waals surface area contributed by atoms with Crippen molar-refractivity contribution in [3.63, 3.8) is 0 Å². The van der Waals surface area contributed by atoms with Gasteiger partial charge in [-0.25, -0.2) is 4.39 Å². The average Bonchev–Trinajstić information content (AvgIpc) is 2.67. The lowest BCUT2D eigenvalue weighted by Crippen LogP contribution is -2.27. The van der Waals surface area contributed by atoms with Crippen molar-refractivity contribution in [2.24, 2.45) is 0 Å². The Labute approximate surface area is 171 Å². The maximum atomic E-state index is 14.0. The van der Waals surface area contributed by atoms with Crippen molar-refractivity contribution in [2.45, 2.75) is 18.2 Å². The smallest absolute Gasteiger partial charge is 0.230 e. The van der Waals surface area contributed by atoms with E-state index in [-0.39, 0.29) is 17.4 Å². The number of Topliss-reactive ketones (excluding diaryl/α,β-unsaturated/α-hetero) is 1. The number of nitrogens with one attached hydrogen (secondary N) is 1. The molecule has 0 bridgehead atoms. The molecule has 1 aliphatic heterocycles. The normalized spacial score (nSPS) is 12.5. The van der Waals surface area contributed by atoms with Gasteiger partial charge in [-0.05, 0) is 43.2 Å². The summed E-state index contributed by atoms with van der Waals surface area (Å²) in [7, 11) is 0. The van der Waals surface area contributed by atoms with E-state index in [1.54, 1.807) is 12.1 Å². The van der Waals surface area contributed by atoms with Gasteiger partial charge in [0.15, 0.2) is 17.3 Å². The summed E-state index contributed by atoms with van der Waals surface area (Å²) in [6.45, 7) is 2.74. The quantitative estimate of drug-likeness (QED) is 0.540. The molecular formula is C20H19ClFNO4S. The fraction of sp³-hybridized carbons (Fsp3) is 0.300. The summed E-state index contributed by atoms with van der Waals surface area (Å²) in [5, 5.41) is 3.28. The summed E-state index contributed by atoms with van der Waals surface area (Å²) >= 11 is 7.29. The topological polar surface area (TPSA) is 64.6 Å². The number of thioether (sulfide) groups is 1. The Morgan fingerprint density at radius 1 is 1.21 bits per heavy atom. The second kappa shape index (κ2) is 9.30. The number of hydrogen-bond acceptors (Lipinski definition) is 5. The Morgan fingerprint density at radius 3 is 2.75 bits per heavy atom. The van der Waals surface area contributed by atoms with Crippen LogP contribution in [0.5, 0.6) is 11.5 Å². The van der Waals surface area contributed by atoms with E-state index in [1.807, 2.05) is 6.07 Å². The van der Waals surface area contributed by atoms with Crippen LogP contribution in [-0.4, -0.2) is 37.2 Å². The first-order valence-electron chi connectivity index (χ1n) is 8.72. The van der Waals surface area contributed by atoms with Crippen LogP contribution in [0.25, 0.3) is 0 Å². The Morgan fingerprint density at radius 2 is 2.00 bits per heavy atom. The second-order valence-corrected chi connectivity index (χ2v) is 7.62. The summed E-state index contributed by atoms with van der Waals surface area (Å²) in [5.41, 5.74) is 1.23. The first-order chi connectivity index (χ1) is 13.4. The molecule has 0 aromatic heterocycles. The lowest BCUT2D eigenvalue weighted by Gasteiger charge is -2.20. The maximum absolute atomic E-state index is 14.0. The molecule has 5 nitrogen and oxygen atoms in total. The third kappa shape index (κ3) is 5.17. The van der Waals surface area contributed by atoms with Crippen LogP contribution in [0.4, 0.5) is 4.39 Å². The summed E-state index contributed by atoms with van der Waals surface area (Å²) in [6, 6.07) is 7.90. The summed E-state index contributed by atoms with van der Waals surface area (Å²) in [6.07, 6.45) is 0.578. The molecule has 0 saturated heterocycles. The number of benzene rings is 2. The minimum atomic E-state index is -0.503. The molecule has 3 rings (SSSR count). The van der Waals surface area contributed by atoms with Gasteiger partial charge in [-0.15, -0.1) is 11.8 Å². The van der Waals surface area contributed by atoms with Gasteiger partial charge in [-0.2, -0.15) is 0 Å². The van der Waals surface area contributed by atoms with Crippen LogP contribution in [0, 0.1) is 5.82 Å². The first kappa shape index (κ1) is 20.5. The van der Waals surface area contributed by atoms with Gasteiger partial charge in [0.1, 0.15) is 19.0 Å². The Balaban J connectivity index is 1.47. The van der Waals surface area contributed by atoms with Crippen molar-refractivity contribution in [1.29, 1.82) is 0 Å². The van der Waals surface area contributed by atoms with Gasteiger partial charge < -0.3 is 14.8 Å². The molecule has 1 amide bonds. The fourth-order valence-corrected chi connectivity index (χ4v) is 3.72. The van der Waals surface area contributed by atoms with Crippen LogP contribution >= 0.6 is 23.4 Å².